The average Bonchev–Trinajstić information content (AvgIpc) is 2.95. The number of benzene rings is 1. The summed E-state index contributed by atoms with van der Waals surface area (Å²) < 4.78 is 5.47. The average molecular weight is 365 g/mol. The van der Waals surface area contributed by atoms with Gasteiger partial charge in [-0.1, -0.05) is 29.8 Å². The van der Waals surface area contributed by atoms with Crippen LogP contribution in [0, 0.1) is 0 Å². The van der Waals surface area contributed by atoms with E-state index in [1.807, 2.05) is 45.0 Å². The van der Waals surface area contributed by atoms with Crippen LogP contribution in [0.3, 0.4) is 0 Å². The molecule has 0 spiro atoms. The smallest absolute Gasteiger partial charge is 0.410 e. The van der Waals surface area contributed by atoms with E-state index in [0.29, 0.717) is 26.2 Å². The number of ether oxygens (including phenoxy) is 1. The number of hydrogen-bond donors (Lipinski definition) is 1. The largest absolute Gasteiger partial charge is 0.444 e. The highest BCUT2D eigenvalue weighted by molar-refractivity contribution is 6.31. The van der Waals surface area contributed by atoms with Crippen LogP contribution in [0.2, 0.25) is 5.02 Å². The number of nitrogens with zero attached hydrogens (tertiary/aromatic N) is 3. The van der Waals surface area contributed by atoms with Gasteiger partial charge in [0.25, 0.3) is 0 Å². The monoisotopic (exact) mass is 364 g/mol. The van der Waals surface area contributed by atoms with Crippen molar-refractivity contribution < 1.29 is 9.53 Å². The Labute approximate surface area is 153 Å². The molecule has 1 aromatic rings. The van der Waals surface area contributed by atoms with Crippen LogP contribution in [-0.4, -0.2) is 59.7 Å². The first-order valence-electron chi connectivity index (χ1n) is 8.60. The molecule has 2 aliphatic rings. The van der Waals surface area contributed by atoms with Gasteiger partial charge in [-0.15, -0.1) is 0 Å². The Hall–Kier alpha value is -1.95. The van der Waals surface area contributed by atoms with Crippen molar-refractivity contribution in [2.24, 2.45) is 4.99 Å². The number of aliphatic imine (C=N–C) groups is 1. The number of halogens is 1. The number of fused-ring (bicyclic) bond motifs is 1. The molecule has 7 heteroatoms. The molecule has 1 saturated heterocycles. The van der Waals surface area contributed by atoms with Gasteiger partial charge in [0.05, 0.1) is 12.6 Å². The lowest BCUT2D eigenvalue weighted by Gasteiger charge is -2.39. The van der Waals surface area contributed by atoms with Gasteiger partial charge in [-0.2, -0.15) is 0 Å². The Kier molecular flexibility index (Phi) is 5.08. The van der Waals surface area contributed by atoms with Gasteiger partial charge in [-0.25, -0.2) is 4.79 Å². The van der Waals surface area contributed by atoms with Crippen LogP contribution in [0.5, 0.6) is 0 Å². The lowest BCUT2D eigenvalue weighted by molar-refractivity contribution is 0.0137. The minimum Gasteiger partial charge on any atom is -0.444 e. The van der Waals surface area contributed by atoms with Gasteiger partial charge in [0.1, 0.15) is 5.60 Å². The zero-order chi connectivity index (χ0) is 18.0. The van der Waals surface area contributed by atoms with Crippen molar-refractivity contribution in [3.63, 3.8) is 0 Å². The molecule has 2 aliphatic heterocycles. The molecule has 0 bridgehead atoms. The first-order valence-corrected chi connectivity index (χ1v) is 8.97. The van der Waals surface area contributed by atoms with Crippen LogP contribution >= 0.6 is 11.6 Å². The Balaban J connectivity index is 1.54. The molecule has 25 heavy (non-hydrogen) atoms. The molecule has 2 heterocycles. The highest BCUT2D eigenvalue weighted by Crippen LogP contribution is 2.19. The van der Waals surface area contributed by atoms with Gasteiger partial charge in [-0.05, 0) is 32.4 Å². The minimum atomic E-state index is -0.470. The number of amides is 1. The zero-order valence-electron chi connectivity index (χ0n) is 15.0. The third-order valence-corrected chi connectivity index (χ3v) is 4.62. The molecule has 1 atom stereocenters. The van der Waals surface area contributed by atoms with Crippen molar-refractivity contribution in [1.82, 2.24) is 15.1 Å². The standard InChI is InChI=1S/C18H25ClN4O2/c1-18(2,3)25-17(24)22-8-9-23-14(12-22)11-21-16(23)20-10-13-6-4-5-7-15(13)19/h4-7,14H,8-12H2,1-3H3,(H,20,21). The highest BCUT2D eigenvalue weighted by Gasteiger charge is 2.36. The van der Waals surface area contributed by atoms with Crippen molar-refractivity contribution in [3.8, 4) is 0 Å². The van der Waals surface area contributed by atoms with Crippen molar-refractivity contribution >= 4 is 23.7 Å². The Morgan fingerprint density at radius 2 is 2.12 bits per heavy atom. The zero-order valence-corrected chi connectivity index (χ0v) is 15.7. The van der Waals surface area contributed by atoms with E-state index in [4.69, 9.17) is 16.3 Å². The second kappa shape index (κ2) is 7.12. The van der Waals surface area contributed by atoms with E-state index < -0.39 is 5.60 Å². The summed E-state index contributed by atoms with van der Waals surface area (Å²) in [7, 11) is 0. The maximum atomic E-state index is 12.2. The van der Waals surface area contributed by atoms with E-state index in [-0.39, 0.29) is 12.1 Å². The molecule has 1 aromatic carbocycles. The van der Waals surface area contributed by atoms with E-state index >= 15 is 0 Å². The molecule has 136 valence electrons. The quantitative estimate of drug-likeness (QED) is 0.876. The lowest BCUT2D eigenvalue weighted by atomic mass is 10.2. The van der Waals surface area contributed by atoms with Crippen molar-refractivity contribution in [2.45, 2.75) is 39.0 Å². The molecule has 1 unspecified atom stereocenters. The molecule has 1 N–H and O–H groups in total. The topological polar surface area (TPSA) is 57.2 Å². The molecule has 0 aromatic heterocycles. The van der Waals surface area contributed by atoms with Crippen LogP contribution in [-0.2, 0) is 11.3 Å². The number of piperazine rings is 1. The summed E-state index contributed by atoms with van der Waals surface area (Å²) >= 11 is 6.20. The van der Waals surface area contributed by atoms with E-state index in [9.17, 15) is 4.79 Å². The Morgan fingerprint density at radius 3 is 2.84 bits per heavy atom. The lowest BCUT2D eigenvalue weighted by Crippen LogP contribution is -2.57. The number of rotatable bonds is 2. The fourth-order valence-corrected chi connectivity index (χ4v) is 3.24. The van der Waals surface area contributed by atoms with Crippen LogP contribution in [0.4, 0.5) is 4.79 Å². The van der Waals surface area contributed by atoms with Gasteiger partial charge in [0, 0.05) is 31.2 Å². The van der Waals surface area contributed by atoms with Gasteiger partial charge < -0.3 is 19.9 Å². The molecule has 6 nitrogen and oxygen atoms in total. The summed E-state index contributed by atoms with van der Waals surface area (Å²) in [5, 5.41) is 4.13. The molecular formula is C18H25ClN4O2. The van der Waals surface area contributed by atoms with Gasteiger partial charge in [-0.3, -0.25) is 4.99 Å². The normalized spacial score (nSPS) is 20.2. The summed E-state index contributed by atoms with van der Waals surface area (Å²) in [6, 6.07) is 7.99. The molecular weight excluding hydrogens is 340 g/mol. The SMILES string of the molecule is CC(C)(C)OC(=O)N1CCN2C(NCc3ccccc3Cl)=NCC2C1. The van der Waals surface area contributed by atoms with Crippen molar-refractivity contribution in [1.29, 1.82) is 0 Å². The third-order valence-electron chi connectivity index (χ3n) is 4.25. The van der Waals surface area contributed by atoms with E-state index in [1.165, 1.54) is 0 Å². The maximum Gasteiger partial charge on any atom is 0.410 e. The number of guanidine groups is 1. The van der Waals surface area contributed by atoms with Crippen LogP contribution in [0.1, 0.15) is 26.3 Å². The molecule has 1 fully saturated rings. The maximum absolute atomic E-state index is 12.2. The van der Waals surface area contributed by atoms with Crippen LogP contribution in [0.15, 0.2) is 29.3 Å². The number of carbonyl (C=O) groups is 1. The van der Waals surface area contributed by atoms with Gasteiger partial charge in [0.2, 0.25) is 0 Å². The summed E-state index contributed by atoms with van der Waals surface area (Å²) in [4.78, 5) is 20.9. The van der Waals surface area contributed by atoms with Gasteiger partial charge in [0.15, 0.2) is 5.96 Å². The Bertz CT molecular complexity index is 671. The summed E-state index contributed by atoms with van der Waals surface area (Å²) in [6.07, 6.45) is -0.246. The summed E-state index contributed by atoms with van der Waals surface area (Å²) in [5.41, 5.74) is 0.574. The van der Waals surface area contributed by atoms with Crippen LogP contribution < -0.4 is 5.32 Å². The molecule has 0 aliphatic carbocycles. The number of hydrogen-bond acceptors (Lipinski definition) is 5. The van der Waals surface area contributed by atoms with E-state index in [1.54, 1.807) is 4.90 Å². The molecule has 0 radical (unpaired) electrons. The molecule has 0 saturated carbocycles. The first-order chi connectivity index (χ1) is 11.8. The van der Waals surface area contributed by atoms with Crippen molar-refractivity contribution in [2.75, 3.05) is 26.2 Å². The van der Waals surface area contributed by atoms with Gasteiger partial charge >= 0.3 is 6.09 Å². The van der Waals surface area contributed by atoms with Crippen molar-refractivity contribution in [3.05, 3.63) is 34.9 Å². The number of nitrogens with one attached hydrogen (secondary N) is 1. The minimum absolute atomic E-state index is 0.204. The molecule has 3 rings (SSSR count). The predicted octanol–water partition coefficient (Wildman–Crippen LogP) is 2.72. The summed E-state index contributed by atoms with van der Waals surface area (Å²) in [6.45, 7) is 9.00. The van der Waals surface area contributed by atoms with E-state index in [2.05, 4.69) is 15.2 Å². The van der Waals surface area contributed by atoms with E-state index in [0.717, 1.165) is 23.1 Å². The second-order valence-electron chi connectivity index (χ2n) is 7.38. The fourth-order valence-electron chi connectivity index (χ4n) is 3.04. The second-order valence-corrected chi connectivity index (χ2v) is 7.79. The Morgan fingerprint density at radius 1 is 1.36 bits per heavy atom. The highest BCUT2D eigenvalue weighted by atomic mass is 35.5. The molecule has 1 amide bonds. The first kappa shape index (κ1) is 17.9. The fraction of sp³-hybridized carbons (Fsp3) is 0.556. The van der Waals surface area contributed by atoms with Crippen LogP contribution in [0.25, 0.3) is 0 Å². The number of carbonyl (C=O) groups excluding carboxylic acids is 1. The third kappa shape index (κ3) is 4.37. The summed E-state index contributed by atoms with van der Waals surface area (Å²) in [5.74, 6) is 0.883. The predicted molar refractivity (Wildman–Crippen MR) is 98.9 cm³/mol.